The van der Waals surface area contributed by atoms with Gasteiger partial charge in [0.2, 0.25) is 5.91 Å². The van der Waals surface area contributed by atoms with Gasteiger partial charge in [-0.25, -0.2) is 9.67 Å². The Morgan fingerprint density at radius 2 is 1.79 bits per heavy atom. The van der Waals surface area contributed by atoms with Crippen LogP contribution in [0.1, 0.15) is 51.6 Å². The van der Waals surface area contributed by atoms with Crippen LogP contribution in [0.3, 0.4) is 0 Å². The second-order valence-corrected chi connectivity index (χ2v) is 9.49. The number of nitrogens with one attached hydrogen (secondary N) is 1. The molecule has 0 aliphatic heterocycles. The number of aromatic nitrogens is 4. The molecule has 7 nitrogen and oxygen atoms in total. The highest BCUT2D eigenvalue weighted by molar-refractivity contribution is 7.99. The van der Waals surface area contributed by atoms with E-state index in [9.17, 15) is 9.59 Å². The van der Waals surface area contributed by atoms with Crippen molar-refractivity contribution in [2.45, 2.75) is 51.2 Å². The highest BCUT2D eigenvalue weighted by atomic mass is 32.2. The summed E-state index contributed by atoms with van der Waals surface area (Å²) in [5, 5.41) is 8.18. The predicted octanol–water partition coefficient (Wildman–Crippen LogP) is 5.41. The van der Waals surface area contributed by atoms with E-state index in [0.29, 0.717) is 27.8 Å². The molecule has 1 atom stereocenters. The van der Waals surface area contributed by atoms with Crippen molar-refractivity contribution in [2.24, 2.45) is 0 Å². The van der Waals surface area contributed by atoms with Crippen molar-refractivity contribution in [3.8, 4) is 5.69 Å². The van der Waals surface area contributed by atoms with Crippen LogP contribution in [0.15, 0.2) is 70.7 Å². The molecule has 4 rings (SSSR count). The molecule has 0 spiro atoms. The Labute approximate surface area is 203 Å². The number of thioether (sulfide) groups is 1. The standard InChI is InChI=1S/C26H29N5O2S/c1-5-18(4)19-10-12-20(13-11-19)30-25(33)21-8-6-7-9-22(21)28-26(30)34-16-24(32)29-23-14-15-27-31(23)17(2)3/h6-15,17-18H,5,16H2,1-4H3,(H,29,32). The Kier molecular flexibility index (Phi) is 7.17. The van der Waals surface area contributed by atoms with Crippen molar-refractivity contribution >= 4 is 34.4 Å². The summed E-state index contributed by atoms with van der Waals surface area (Å²) in [7, 11) is 0. The van der Waals surface area contributed by atoms with Crippen LogP contribution in [0.5, 0.6) is 0 Å². The third-order valence-corrected chi connectivity index (χ3v) is 6.78. The lowest BCUT2D eigenvalue weighted by atomic mass is 9.98. The monoisotopic (exact) mass is 475 g/mol. The molecule has 2 aromatic heterocycles. The smallest absolute Gasteiger partial charge is 0.266 e. The zero-order valence-electron chi connectivity index (χ0n) is 19.9. The lowest BCUT2D eigenvalue weighted by molar-refractivity contribution is -0.113. The van der Waals surface area contributed by atoms with Gasteiger partial charge in [-0.2, -0.15) is 5.10 Å². The van der Waals surface area contributed by atoms with Crippen LogP contribution in [-0.2, 0) is 4.79 Å². The fourth-order valence-electron chi connectivity index (χ4n) is 3.76. The van der Waals surface area contributed by atoms with Crippen LogP contribution in [0, 0.1) is 0 Å². The van der Waals surface area contributed by atoms with Crippen LogP contribution in [0.2, 0.25) is 0 Å². The number of benzene rings is 2. The van der Waals surface area contributed by atoms with Crippen LogP contribution in [0.4, 0.5) is 5.82 Å². The van der Waals surface area contributed by atoms with Crippen LogP contribution in [0.25, 0.3) is 16.6 Å². The van der Waals surface area contributed by atoms with Gasteiger partial charge in [0, 0.05) is 12.1 Å². The average Bonchev–Trinajstić information content (AvgIpc) is 3.31. The van der Waals surface area contributed by atoms with Gasteiger partial charge in [0.1, 0.15) is 5.82 Å². The second kappa shape index (κ2) is 10.3. The van der Waals surface area contributed by atoms with E-state index in [4.69, 9.17) is 4.98 Å². The minimum atomic E-state index is -0.187. The molecular formula is C26H29N5O2S. The topological polar surface area (TPSA) is 81.8 Å². The van der Waals surface area contributed by atoms with Gasteiger partial charge < -0.3 is 5.32 Å². The van der Waals surface area contributed by atoms with Crippen molar-refractivity contribution in [3.63, 3.8) is 0 Å². The van der Waals surface area contributed by atoms with E-state index >= 15 is 0 Å². The summed E-state index contributed by atoms with van der Waals surface area (Å²) in [6.07, 6.45) is 2.71. The summed E-state index contributed by atoms with van der Waals surface area (Å²) in [6.45, 7) is 8.34. The van der Waals surface area contributed by atoms with E-state index in [-0.39, 0.29) is 23.3 Å². The molecule has 0 aliphatic rings. The zero-order chi connectivity index (χ0) is 24.2. The number of fused-ring (bicyclic) bond motifs is 1. The first-order chi connectivity index (χ1) is 16.4. The van der Waals surface area contributed by atoms with Crippen molar-refractivity contribution in [1.82, 2.24) is 19.3 Å². The summed E-state index contributed by atoms with van der Waals surface area (Å²) in [5.41, 5.74) is 2.42. The summed E-state index contributed by atoms with van der Waals surface area (Å²) in [4.78, 5) is 30.9. The van der Waals surface area contributed by atoms with E-state index in [2.05, 4.69) is 36.4 Å². The number of hydrogen-bond acceptors (Lipinski definition) is 5. The molecular weight excluding hydrogens is 446 g/mol. The molecule has 8 heteroatoms. The van der Waals surface area contributed by atoms with Crippen LogP contribution < -0.4 is 10.9 Å². The Morgan fingerprint density at radius 3 is 2.50 bits per heavy atom. The first-order valence-corrected chi connectivity index (χ1v) is 12.5. The van der Waals surface area contributed by atoms with Gasteiger partial charge >= 0.3 is 0 Å². The van der Waals surface area contributed by atoms with Gasteiger partial charge in [-0.05, 0) is 56.0 Å². The number of anilines is 1. The summed E-state index contributed by atoms with van der Waals surface area (Å²) in [6, 6.07) is 17.2. The molecule has 0 saturated heterocycles. The summed E-state index contributed by atoms with van der Waals surface area (Å²) in [5.74, 6) is 1.01. The molecule has 176 valence electrons. The fraction of sp³-hybridized carbons (Fsp3) is 0.308. The Hall–Kier alpha value is -3.39. The molecule has 0 fully saturated rings. The van der Waals surface area contributed by atoms with E-state index in [0.717, 1.165) is 12.1 Å². The van der Waals surface area contributed by atoms with Crippen LogP contribution >= 0.6 is 11.8 Å². The van der Waals surface area contributed by atoms with Crippen molar-refractivity contribution in [2.75, 3.05) is 11.1 Å². The number of hydrogen-bond donors (Lipinski definition) is 1. The van der Waals surface area contributed by atoms with Gasteiger partial charge in [-0.1, -0.05) is 49.9 Å². The summed E-state index contributed by atoms with van der Waals surface area (Å²) >= 11 is 1.24. The third-order valence-electron chi connectivity index (χ3n) is 5.84. The average molecular weight is 476 g/mol. The largest absolute Gasteiger partial charge is 0.310 e. The van der Waals surface area contributed by atoms with E-state index in [1.165, 1.54) is 17.3 Å². The molecule has 1 N–H and O–H groups in total. The number of carbonyl (C=O) groups excluding carboxylic acids is 1. The number of amides is 1. The number of carbonyl (C=O) groups is 1. The number of nitrogens with zero attached hydrogens (tertiary/aromatic N) is 4. The highest BCUT2D eigenvalue weighted by Crippen LogP contribution is 2.24. The quantitative estimate of drug-likeness (QED) is 0.272. The van der Waals surface area contributed by atoms with Gasteiger partial charge in [-0.15, -0.1) is 0 Å². The Morgan fingerprint density at radius 1 is 1.06 bits per heavy atom. The predicted molar refractivity (Wildman–Crippen MR) is 138 cm³/mol. The van der Waals surface area contributed by atoms with E-state index < -0.39 is 0 Å². The third kappa shape index (κ3) is 4.92. The van der Waals surface area contributed by atoms with E-state index in [1.54, 1.807) is 27.6 Å². The maximum Gasteiger partial charge on any atom is 0.266 e. The first-order valence-electron chi connectivity index (χ1n) is 11.5. The van der Waals surface area contributed by atoms with Gasteiger partial charge in [0.15, 0.2) is 5.16 Å². The molecule has 2 heterocycles. The lowest BCUT2D eigenvalue weighted by Crippen LogP contribution is -2.23. The second-order valence-electron chi connectivity index (χ2n) is 8.54. The molecule has 0 saturated carbocycles. The zero-order valence-corrected chi connectivity index (χ0v) is 20.7. The molecule has 1 unspecified atom stereocenters. The fourth-order valence-corrected chi connectivity index (χ4v) is 4.57. The van der Waals surface area contributed by atoms with Gasteiger partial charge in [0.05, 0.1) is 28.5 Å². The maximum atomic E-state index is 13.4. The SMILES string of the molecule is CCC(C)c1ccc(-n2c(SCC(=O)Nc3ccnn3C(C)C)nc3ccccc3c2=O)cc1. The molecule has 34 heavy (non-hydrogen) atoms. The van der Waals surface area contributed by atoms with Gasteiger partial charge in [-0.3, -0.25) is 14.2 Å². The normalized spacial score (nSPS) is 12.3. The molecule has 4 aromatic rings. The van der Waals surface area contributed by atoms with Crippen molar-refractivity contribution in [1.29, 1.82) is 0 Å². The van der Waals surface area contributed by atoms with E-state index in [1.807, 2.05) is 44.2 Å². The maximum absolute atomic E-state index is 13.4. The molecule has 1 amide bonds. The molecule has 0 aliphatic carbocycles. The summed E-state index contributed by atoms with van der Waals surface area (Å²) < 4.78 is 3.35. The first kappa shape index (κ1) is 23.8. The molecule has 0 bridgehead atoms. The Balaban J connectivity index is 1.65. The highest BCUT2D eigenvalue weighted by Gasteiger charge is 2.16. The molecule has 2 aromatic carbocycles. The number of rotatable bonds is 8. The number of para-hydroxylation sites is 1. The lowest BCUT2D eigenvalue weighted by Gasteiger charge is -2.15. The minimum absolute atomic E-state index is 0.110. The van der Waals surface area contributed by atoms with Crippen molar-refractivity contribution < 1.29 is 4.79 Å². The van der Waals surface area contributed by atoms with Crippen LogP contribution in [-0.4, -0.2) is 31.0 Å². The minimum Gasteiger partial charge on any atom is -0.310 e. The molecule has 0 radical (unpaired) electrons. The Bertz CT molecular complexity index is 1360. The van der Waals surface area contributed by atoms with Gasteiger partial charge in [0.25, 0.3) is 5.56 Å². The van der Waals surface area contributed by atoms with Crippen molar-refractivity contribution in [3.05, 3.63) is 76.7 Å².